The predicted octanol–water partition coefficient (Wildman–Crippen LogP) is 5.81. The van der Waals surface area contributed by atoms with Gasteiger partial charge in [0.15, 0.2) is 11.5 Å². The van der Waals surface area contributed by atoms with E-state index in [1.165, 1.54) is 0 Å². The average Bonchev–Trinajstić information content (AvgIpc) is 3.45. The number of amides is 2. The van der Waals surface area contributed by atoms with Crippen LogP contribution in [0.2, 0.25) is 0 Å². The molecule has 1 aromatic heterocycles. The number of ether oxygens (including phenoxy) is 2. The topological polar surface area (TPSA) is 83.7 Å². The molecule has 40 heavy (non-hydrogen) atoms. The van der Waals surface area contributed by atoms with E-state index in [2.05, 4.69) is 23.3 Å². The molecule has 0 saturated heterocycles. The molecule has 2 heterocycles. The van der Waals surface area contributed by atoms with E-state index < -0.39 is 6.04 Å². The number of aromatic nitrogens is 1. The first kappa shape index (κ1) is 27.3. The second kappa shape index (κ2) is 11.5. The third-order valence-electron chi connectivity index (χ3n) is 8.13. The molecule has 2 N–H and O–H groups in total. The fourth-order valence-corrected chi connectivity index (χ4v) is 5.92. The Labute approximate surface area is 235 Å². The van der Waals surface area contributed by atoms with Gasteiger partial charge < -0.3 is 24.7 Å². The lowest BCUT2D eigenvalue weighted by Gasteiger charge is -2.36. The van der Waals surface area contributed by atoms with E-state index in [9.17, 15) is 9.59 Å². The minimum absolute atomic E-state index is 0.0487. The van der Waals surface area contributed by atoms with Crippen LogP contribution < -0.4 is 14.8 Å². The summed E-state index contributed by atoms with van der Waals surface area (Å²) in [4.78, 5) is 33.3. The number of aryl methyl sites for hydroxylation is 1. The number of methoxy groups -OCH3 is 2. The van der Waals surface area contributed by atoms with E-state index in [1.807, 2.05) is 79.4 Å². The first-order chi connectivity index (χ1) is 19.4. The smallest absolute Gasteiger partial charge is 0.255 e. The van der Waals surface area contributed by atoms with Crippen LogP contribution in [0.3, 0.4) is 0 Å². The van der Waals surface area contributed by atoms with Gasteiger partial charge in [-0.15, -0.1) is 0 Å². The molecule has 3 atom stereocenters. The van der Waals surface area contributed by atoms with Gasteiger partial charge in [-0.2, -0.15) is 0 Å². The standard InChI is InChI=1S/C33H37N3O4/c1-6-20(2)30(32(37)34-18-17-22-15-16-27(39-4)28(19-22)40-5)36-31(23-11-7-8-12-24(23)33(36)38)29-21(3)35-26-14-10-9-13-25(26)29/h7-16,19-20,30-31,35H,6,17-18H2,1-5H3,(H,34,37). The number of para-hydroxylation sites is 1. The Kier molecular flexibility index (Phi) is 7.83. The molecule has 0 radical (unpaired) electrons. The van der Waals surface area contributed by atoms with Crippen LogP contribution >= 0.6 is 0 Å². The van der Waals surface area contributed by atoms with E-state index in [0.29, 0.717) is 30.0 Å². The fraction of sp³-hybridized carbons (Fsp3) is 0.333. The third kappa shape index (κ3) is 4.81. The monoisotopic (exact) mass is 539 g/mol. The number of hydrogen-bond donors (Lipinski definition) is 2. The molecule has 0 aliphatic carbocycles. The van der Waals surface area contributed by atoms with Gasteiger partial charge in [0.05, 0.1) is 20.3 Å². The Balaban J connectivity index is 1.47. The Bertz CT molecular complexity index is 1540. The molecule has 7 heteroatoms. The Morgan fingerprint density at radius 1 is 1.02 bits per heavy atom. The van der Waals surface area contributed by atoms with Crippen molar-refractivity contribution in [1.82, 2.24) is 15.2 Å². The number of nitrogens with one attached hydrogen (secondary N) is 2. The summed E-state index contributed by atoms with van der Waals surface area (Å²) in [5, 5.41) is 4.21. The number of aromatic amines is 1. The van der Waals surface area contributed by atoms with Crippen LogP contribution in [0.1, 0.15) is 59.1 Å². The van der Waals surface area contributed by atoms with E-state index in [4.69, 9.17) is 9.47 Å². The molecule has 5 rings (SSSR count). The SMILES string of the molecule is CCC(C)C(C(=O)NCCc1ccc(OC)c(OC)c1)N1C(=O)c2ccccc2C1c1c(C)[nH]c2ccccc12. The van der Waals surface area contributed by atoms with Gasteiger partial charge in [-0.1, -0.05) is 62.7 Å². The number of H-pyrrole nitrogens is 1. The molecule has 0 saturated carbocycles. The molecule has 3 aromatic carbocycles. The van der Waals surface area contributed by atoms with Crippen molar-refractivity contribution >= 4 is 22.7 Å². The number of nitrogens with zero attached hydrogens (tertiary/aromatic N) is 1. The van der Waals surface area contributed by atoms with Gasteiger partial charge >= 0.3 is 0 Å². The van der Waals surface area contributed by atoms with Crippen molar-refractivity contribution in [3.05, 3.63) is 94.7 Å². The molecule has 7 nitrogen and oxygen atoms in total. The maximum Gasteiger partial charge on any atom is 0.255 e. The number of benzene rings is 3. The molecule has 3 unspecified atom stereocenters. The van der Waals surface area contributed by atoms with Crippen LogP contribution in [-0.2, 0) is 11.2 Å². The van der Waals surface area contributed by atoms with Gasteiger partial charge in [0.1, 0.15) is 6.04 Å². The molecule has 4 aromatic rings. The van der Waals surface area contributed by atoms with Crippen molar-refractivity contribution in [2.45, 2.75) is 45.7 Å². The van der Waals surface area contributed by atoms with Crippen LogP contribution in [0.4, 0.5) is 0 Å². The van der Waals surface area contributed by atoms with Crippen LogP contribution in [0.5, 0.6) is 11.5 Å². The predicted molar refractivity (Wildman–Crippen MR) is 157 cm³/mol. The van der Waals surface area contributed by atoms with Crippen molar-refractivity contribution in [2.24, 2.45) is 5.92 Å². The maximum absolute atomic E-state index is 14.1. The lowest BCUT2D eigenvalue weighted by atomic mass is 9.91. The zero-order valence-corrected chi connectivity index (χ0v) is 23.8. The van der Waals surface area contributed by atoms with Gasteiger partial charge in [0.2, 0.25) is 5.91 Å². The molecule has 1 aliphatic heterocycles. The minimum Gasteiger partial charge on any atom is -0.493 e. The van der Waals surface area contributed by atoms with Crippen LogP contribution in [0, 0.1) is 12.8 Å². The maximum atomic E-state index is 14.1. The third-order valence-corrected chi connectivity index (χ3v) is 8.13. The Morgan fingerprint density at radius 3 is 2.50 bits per heavy atom. The normalized spacial score (nSPS) is 16.1. The minimum atomic E-state index is -0.631. The van der Waals surface area contributed by atoms with Gasteiger partial charge in [-0.05, 0) is 54.7 Å². The van der Waals surface area contributed by atoms with Gasteiger partial charge in [0, 0.05) is 34.3 Å². The molecule has 0 bridgehead atoms. The first-order valence-electron chi connectivity index (χ1n) is 13.9. The average molecular weight is 540 g/mol. The highest BCUT2D eigenvalue weighted by atomic mass is 16.5. The molecule has 1 aliphatic rings. The summed E-state index contributed by atoms with van der Waals surface area (Å²) >= 11 is 0. The molecule has 2 amide bonds. The van der Waals surface area contributed by atoms with Crippen molar-refractivity contribution < 1.29 is 19.1 Å². The number of hydrogen-bond acceptors (Lipinski definition) is 4. The summed E-state index contributed by atoms with van der Waals surface area (Å²) in [6, 6.07) is 20.7. The molecule has 0 spiro atoms. The highest BCUT2D eigenvalue weighted by molar-refractivity contribution is 6.03. The summed E-state index contributed by atoms with van der Waals surface area (Å²) in [5.74, 6) is 1.02. The Morgan fingerprint density at radius 2 is 1.75 bits per heavy atom. The van der Waals surface area contributed by atoms with Gasteiger partial charge in [-0.25, -0.2) is 0 Å². The lowest BCUT2D eigenvalue weighted by molar-refractivity contribution is -0.127. The second-order valence-corrected chi connectivity index (χ2v) is 10.5. The van der Waals surface area contributed by atoms with Crippen molar-refractivity contribution in [3.8, 4) is 11.5 Å². The zero-order chi connectivity index (χ0) is 28.4. The number of fused-ring (bicyclic) bond motifs is 2. The van der Waals surface area contributed by atoms with Crippen LogP contribution in [0.25, 0.3) is 10.9 Å². The summed E-state index contributed by atoms with van der Waals surface area (Å²) < 4.78 is 10.8. The number of carbonyl (C=O) groups is 2. The van der Waals surface area contributed by atoms with Gasteiger partial charge in [-0.3, -0.25) is 9.59 Å². The van der Waals surface area contributed by atoms with Crippen LogP contribution in [-0.4, -0.2) is 48.5 Å². The van der Waals surface area contributed by atoms with E-state index in [-0.39, 0.29) is 23.8 Å². The largest absolute Gasteiger partial charge is 0.493 e. The molecule has 0 fully saturated rings. The number of rotatable bonds is 10. The van der Waals surface area contributed by atoms with E-state index in [1.54, 1.807) is 14.2 Å². The van der Waals surface area contributed by atoms with Gasteiger partial charge in [0.25, 0.3) is 5.91 Å². The summed E-state index contributed by atoms with van der Waals surface area (Å²) in [6.07, 6.45) is 1.38. The highest BCUT2D eigenvalue weighted by Crippen LogP contribution is 2.45. The molecule has 208 valence electrons. The molecular weight excluding hydrogens is 502 g/mol. The Hall–Kier alpha value is -4.26. The molecular formula is C33H37N3O4. The van der Waals surface area contributed by atoms with Crippen LogP contribution in [0.15, 0.2) is 66.7 Å². The number of carbonyl (C=O) groups excluding carboxylic acids is 2. The quantitative estimate of drug-likeness (QED) is 0.266. The summed E-state index contributed by atoms with van der Waals surface area (Å²) in [6.45, 7) is 6.59. The second-order valence-electron chi connectivity index (χ2n) is 10.5. The van der Waals surface area contributed by atoms with E-state index >= 15 is 0 Å². The van der Waals surface area contributed by atoms with Crippen molar-refractivity contribution in [1.29, 1.82) is 0 Å². The van der Waals surface area contributed by atoms with E-state index in [0.717, 1.165) is 39.7 Å². The summed E-state index contributed by atoms with van der Waals surface area (Å²) in [7, 11) is 3.22. The zero-order valence-electron chi connectivity index (χ0n) is 23.8. The highest BCUT2D eigenvalue weighted by Gasteiger charge is 2.46. The van der Waals surface area contributed by atoms with Crippen molar-refractivity contribution in [2.75, 3.05) is 20.8 Å². The summed E-state index contributed by atoms with van der Waals surface area (Å²) in [5.41, 5.74) is 5.68. The fourth-order valence-electron chi connectivity index (χ4n) is 5.92. The lowest BCUT2D eigenvalue weighted by Crippen LogP contribution is -2.52. The first-order valence-corrected chi connectivity index (χ1v) is 13.9. The van der Waals surface area contributed by atoms with Crippen molar-refractivity contribution in [3.63, 3.8) is 0 Å².